The van der Waals surface area contributed by atoms with Gasteiger partial charge in [-0.1, -0.05) is 26.0 Å². The van der Waals surface area contributed by atoms with Crippen molar-refractivity contribution in [3.63, 3.8) is 0 Å². The largest absolute Gasteiger partial charge is 0.371 e. The molecule has 1 heteroatoms. The number of likely N-dealkylation sites (N-methyl/N-ethyl adjacent to an activating group) is 1. The Morgan fingerprint density at radius 1 is 1.40 bits per heavy atom. The molecule has 0 radical (unpaired) electrons. The zero-order valence-electron chi connectivity index (χ0n) is 10.2. The number of hydrogen-bond donors (Lipinski definition) is 0. The minimum atomic E-state index is 1.08. The zero-order chi connectivity index (χ0) is 11.3. The Hall–Kier alpha value is -0.980. The third-order valence-electron chi connectivity index (χ3n) is 3.09. The third kappa shape index (κ3) is 2.98. The minimum Gasteiger partial charge on any atom is -0.371 e. The molecule has 0 aromatic carbocycles. The van der Waals surface area contributed by atoms with Crippen LogP contribution in [0.2, 0.25) is 0 Å². The highest BCUT2D eigenvalue weighted by molar-refractivity contribution is 5.39. The molecule has 0 aromatic rings. The smallest absolute Gasteiger partial charge is 0.0392 e. The maximum Gasteiger partial charge on any atom is 0.0392 e. The Kier molecular flexibility index (Phi) is 4.67. The molecule has 0 saturated heterocycles. The first kappa shape index (κ1) is 12.1. The molecular formula is C14H23N. The summed E-state index contributed by atoms with van der Waals surface area (Å²) in [4.78, 5) is 2.27. The number of nitrogens with zero attached hydrogens (tertiary/aromatic N) is 1. The Bertz CT molecular complexity index is 273. The number of unbranched alkanes of at least 4 members (excludes halogenated alkanes) is 1. The van der Waals surface area contributed by atoms with E-state index in [-0.39, 0.29) is 0 Å². The molecule has 84 valence electrons. The Morgan fingerprint density at radius 2 is 2.13 bits per heavy atom. The van der Waals surface area contributed by atoms with Crippen molar-refractivity contribution < 1.29 is 0 Å². The van der Waals surface area contributed by atoms with Crippen LogP contribution in [0.1, 0.15) is 39.0 Å². The van der Waals surface area contributed by atoms with Crippen LogP contribution in [0.25, 0.3) is 0 Å². The molecular weight excluding hydrogens is 182 g/mol. The van der Waals surface area contributed by atoms with Crippen molar-refractivity contribution in [3.8, 4) is 0 Å². The number of rotatable bonds is 6. The van der Waals surface area contributed by atoms with Crippen molar-refractivity contribution in [1.29, 1.82) is 0 Å². The third-order valence-corrected chi connectivity index (χ3v) is 3.09. The van der Waals surface area contributed by atoms with Gasteiger partial charge in [0.2, 0.25) is 0 Å². The molecule has 1 aliphatic rings. The van der Waals surface area contributed by atoms with Gasteiger partial charge in [0.1, 0.15) is 0 Å². The van der Waals surface area contributed by atoms with Gasteiger partial charge in [-0.15, -0.1) is 6.58 Å². The Balaban J connectivity index is 2.68. The predicted octanol–water partition coefficient (Wildman–Crippen LogP) is 3.90. The highest BCUT2D eigenvalue weighted by Gasteiger charge is 2.20. The molecule has 0 atom stereocenters. The van der Waals surface area contributed by atoms with Crippen LogP contribution < -0.4 is 0 Å². The fourth-order valence-electron chi connectivity index (χ4n) is 2.09. The summed E-state index contributed by atoms with van der Waals surface area (Å²) in [5.74, 6) is 0. The van der Waals surface area contributed by atoms with E-state index in [2.05, 4.69) is 32.0 Å². The molecule has 0 saturated carbocycles. The van der Waals surface area contributed by atoms with Crippen molar-refractivity contribution >= 4 is 0 Å². The summed E-state index contributed by atoms with van der Waals surface area (Å²) in [6, 6.07) is 0. The summed E-state index contributed by atoms with van der Waals surface area (Å²) in [5.41, 5.74) is 4.33. The van der Waals surface area contributed by atoms with Gasteiger partial charge in [0.25, 0.3) is 0 Å². The van der Waals surface area contributed by atoms with Crippen molar-refractivity contribution in [2.24, 2.45) is 0 Å². The van der Waals surface area contributed by atoms with Gasteiger partial charge in [0.05, 0.1) is 0 Å². The van der Waals surface area contributed by atoms with Gasteiger partial charge >= 0.3 is 0 Å². The topological polar surface area (TPSA) is 3.24 Å². The van der Waals surface area contributed by atoms with Gasteiger partial charge in [-0.2, -0.15) is 0 Å². The van der Waals surface area contributed by atoms with Crippen LogP contribution >= 0.6 is 0 Å². The van der Waals surface area contributed by atoms with Crippen LogP contribution in [0.15, 0.2) is 36.1 Å². The summed E-state index contributed by atoms with van der Waals surface area (Å²) in [5, 5.41) is 0. The SMILES string of the molecule is C=CCCC1=C(CCCC)C(=C)N(C)C1. The lowest BCUT2D eigenvalue weighted by Crippen LogP contribution is -2.12. The van der Waals surface area contributed by atoms with E-state index in [4.69, 9.17) is 0 Å². The van der Waals surface area contributed by atoms with E-state index < -0.39 is 0 Å². The molecule has 0 aromatic heterocycles. The lowest BCUT2D eigenvalue weighted by molar-refractivity contribution is 0.485. The molecule has 1 heterocycles. The van der Waals surface area contributed by atoms with E-state index >= 15 is 0 Å². The predicted molar refractivity (Wildman–Crippen MR) is 67.8 cm³/mol. The lowest BCUT2D eigenvalue weighted by atomic mass is 10.00. The van der Waals surface area contributed by atoms with Crippen LogP contribution in [-0.2, 0) is 0 Å². The molecule has 0 unspecified atom stereocenters. The van der Waals surface area contributed by atoms with Gasteiger partial charge < -0.3 is 4.90 Å². The fraction of sp³-hybridized carbons (Fsp3) is 0.571. The summed E-state index contributed by atoms with van der Waals surface area (Å²) < 4.78 is 0. The van der Waals surface area contributed by atoms with E-state index in [1.165, 1.54) is 30.5 Å². The average molecular weight is 205 g/mol. The molecule has 15 heavy (non-hydrogen) atoms. The molecule has 1 aliphatic heterocycles. The highest BCUT2D eigenvalue weighted by Crippen LogP contribution is 2.31. The van der Waals surface area contributed by atoms with Crippen molar-refractivity contribution in [3.05, 3.63) is 36.1 Å². The quantitative estimate of drug-likeness (QED) is 0.594. The second-order valence-corrected chi connectivity index (χ2v) is 4.32. The first-order chi connectivity index (χ1) is 7.20. The highest BCUT2D eigenvalue weighted by atomic mass is 15.1. The maximum absolute atomic E-state index is 4.17. The van der Waals surface area contributed by atoms with E-state index in [9.17, 15) is 0 Å². The summed E-state index contributed by atoms with van der Waals surface area (Å²) in [6.07, 6.45) is 7.99. The molecule has 0 fully saturated rings. The van der Waals surface area contributed by atoms with Crippen LogP contribution in [0.5, 0.6) is 0 Å². The fourth-order valence-corrected chi connectivity index (χ4v) is 2.09. The van der Waals surface area contributed by atoms with Gasteiger partial charge in [-0.25, -0.2) is 0 Å². The molecule has 0 amide bonds. The Labute approximate surface area is 94.2 Å². The van der Waals surface area contributed by atoms with E-state index in [1.807, 2.05) is 6.08 Å². The molecule has 1 nitrogen and oxygen atoms in total. The van der Waals surface area contributed by atoms with E-state index in [1.54, 1.807) is 5.57 Å². The minimum absolute atomic E-state index is 1.08. The van der Waals surface area contributed by atoms with Crippen LogP contribution in [0.4, 0.5) is 0 Å². The van der Waals surface area contributed by atoms with Gasteiger partial charge in [0, 0.05) is 19.3 Å². The van der Waals surface area contributed by atoms with Crippen LogP contribution in [-0.4, -0.2) is 18.5 Å². The lowest BCUT2D eigenvalue weighted by Gasteiger charge is -2.13. The monoisotopic (exact) mass is 205 g/mol. The summed E-state index contributed by atoms with van der Waals surface area (Å²) in [6.45, 7) is 11.3. The number of allylic oxidation sites excluding steroid dienone is 2. The average Bonchev–Trinajstić information content (AvgIpc) is 2.50. The second kappa shape index (κ2) is 5.79. The first-order valence-electron chi connectivity index (χ1n) is 5.92. The van der Waals surface area contributed by atoms with Crippen molar-refractivity contribution in [1.82, 2.24) is 4.90 Å². The molecule has 1 rings (SSSR count). The first-order valence-corrected chi connectivity index (χ1v) is 5.92. The van der Waals surface area contributed by atoms with E-state index in [0.29, 0.717) is 0 Å². The maximum atomic E-state index is 4.17. The standard InChI is InChI=1S/C14H23N/c1-5-7-9-13-11-15(4)12(3)14(13)10-8-6-2/h5H,1,3,6-11H2,2,4H3. The van der Waals surface area contributed by atoms with Gasteiger partial charge in [-0.3, -0.25) is 0 Å². The number of hydrogen-bond acceptors (Lipinski definition) is 1. The second-order valence-electron chi connectivity index (χ2n) is 4.32. The molecule has 0 aliphatic carbocycles. The molecule has 0 spiro atoms. The van der Waals surface area contributed by atoms with Gasteiger partial charge in [0.15, 0.2) is 0 Å². The van der Waals surface area contributed by atoms with Gasteiger partial charge in [-0.05, 0) is 36.8 Å². The van der Waals surface area contributed by atoms with Crippen LogP contribution in [0.3, 0.4) is 0 Å². The normalized spacial score (nSPS) is 16.4. The molecule has 0 N–H and O–H groups in total. The zero-order valence-corrected chi connectivity index (χ0v) is 10.2. The van der Waals surface area contributed by atoms with Crippen molar-refractivity contribution in [2.45, 2.75) is 39.0 Å². The van der Waals surface area contributed by atoms with E-state index in [0.717, 1.165) is 19.4 Å². The van der Waals surface area contributed by atoms with Crippen molar-refractivity contribution in [2.75, 3.05) is 13.6 Å². The summed E-state index contributed by atoms with van der Waals surface area (Å²) in [7, 11) is 2.13. The van der Waals surface area contributed by atoms with Crippen LogP contribution in [0, 0.1) is 0 Å². The Morgan fingerprint density at radius 3 is 2.73 bits per heavy atom. The molecule has 0 bridgehead atoms. The summed E-state index contributed by atoms with van der Waals surface area (Å²) >= 11 is 0.